The molecule has 1 aromatic carbocycles. The average Bonchev–Trinajstić information content (AvgIpc) is 2.27. The number of hydrogen-bond acceptors (Lipinski definition) is 2. The van der Waals surface area contributed by atoms with Crippen LogP contribution in [0.25, 0.3) is 0 Å². The minimum Gasteiger partial charge on any atom is -0.389 e. The van der Waals surface area contributed by atoms with Crippen LogP contribution in [0, 0.1) is 11.7 Å². The molecule has 1 rings (SSSR count). The number of thiocarbonyl (C=S) groups is 1. The molecule has 0 spiro atoms. The van der Waals surface area contributed by atoms with Crippen molar-refractivity contribution in [3.8, 4) is 0 Å². The Morgan fingerprint density at radius 2 is 2.00 bits per heavy atom. The smallest absolute Gasteiger partial charge is 0.135 e. The van der Waals surface area contributed by atoms with E-state index < -0.39 is 0 Å². The summed E-state index contributed by atoms with van der Waals surface area (Å²) in [6, 6.07) is 5.13. The normalized spacial score (nSPS) is 12.5. The molecule has 0 heterocycles. The molecule has 0 saturated carbocycles. The van der Waals surface area contributed by atoms with E-state index in [1.807, 2.05) is 6.07 Å². The van der Waals surface area contributed by atoms with Gasteiger partial charge >= 0.3 is 0 Å². The van der Waals surface area contributed by atoms with E-state index in [4.69, 9.17) is 18.0 Å². The summed E-state index contributed by atoms with van der Waals surface area (Å²) in [6.07, 6.45) is 3.41. The van der Waals surface area contributed by atoms with Gasteiger partial charge in [0.25, 0.3) is 0 Å². The lowest BCUT2D eigenvalue weighted by atomic mass is 10.0. The summed E-state index contributed by atoms with van der Waals surface area (Å²) in [7, 11) is 0. The van der Waals surface area contributed by atoms with Crippen molar-refractivity contribution in [1.82, 2.24) is 0 Å². The highest BCUT2D eigenvalue weighted by Crippen LogP contribution is 2.21. The highest BCUT2D eigenvalue weighted by Gasteiger charge is 2.12. The molecule has 0 fully saturated rings. The van der Waals surface area contributed by atoms with E-state index in [1.165, 1.54) is 12.5 Å². The summed E-state index contributed by atoms with van der Waals surface area (Å²) in [5.41, 5.74) is 6.58. The first kappa shape index (κ1) is 15.9. The van der Waals surface area contributed by atoms with E-state index in [9.17, 15) is 4.39 Å². The minimum absolute atomic E-state index is 0.0926. The Morgan fingerprint density at radius 3 is 2.58 bits per heavy atom. The Bertz CT molecular complexity index is 432. The van der Waals surface area contributed by atoms with Gasteiger partial charge in [0.1, 0.15) is 10.8 Å². The van der Waals surface area contributed by atoms with Crippen molar-refractivity contribution in [2.24, 2.45) is 11.7 Å². The second kappa shape index (κ2) is 7.43. The summed E-state index contributed by atoms with van der Waals surface area (Å²) in [5.74, 6) is 0.348. The molecular formula is C15H23FN2S. The molecule has 4 heteroatoms. The molecule has 3 N–H and O–H groups in total. The Balaban J connectivity index is 2.66. The summed E-state index contributed by atoms with van der Waals surface area (Å²) >= 11 is 4.91. The molecule has 1 unspecified atom stereocenters. The first-order valence-corrected chi connectivity index (χ1v) is 7.17. The largest absolute Gasteiger partial charge is 0.389 e. The Kier molecular flexibility index (Phi) is 6.22. The Hall–Kier alpha value is -1.16. The van der Waals surface area contributed by atoms with Crippen LogP contribution in [0.1, 0.15) is 45.6 Å². The topological polar surface area (TPSA) is 38.0 Å². The molecule has 0 aliphatic carbocycles. The molecule has 0 saturated heterocycles. The van der Waals surface area contributed by atoms with Crippen molar-refractivity contribution in [3.63, 3.8) is 0 Å². The fourth-order valence-electron chi connectivity index (χ4n) is 2.06. The molecule has 0 aliphatic rings. The number of benzene rings is 1. The summed E-state index contributed by atoms with van der Waals surface area (Å²) < 4.78 is 13.7. The Labute approximate surface area is 120 Å². The van der Waals surface area contributed by atoms with E-state index in [0.29, 0.717) is 17.2 Å². The van der Waals surface area contributed by atoms with E-state index in [2.05, 4.69) is 26.1 Å². The number of nitrogens with one attached hydrogen (secondary N) is 1. The van der Waals surface area contributed by atoms with Gasteiger partial charge in [-0.15, -0.1) is 0 Å². The Morgan fingerprint density at radius 1 is 1.32 bits per heavy atom. The van der Waals surface area contributed by atoms with Crippen LogP contribution >= 0.6 is 12.2 Å². The molecule has 0 radical (unpaired) electrons. The SMILES string of the molecule is CC(C)CCCC(C)Nc1cccc(F)c1C(N)=S. The summed E-state index contributed by atoms with van der Waals surface area (Å²) in [5, 5.41) is 3.30. The maximum Gasteiger partial charge on any atom is 0.135 e. The van der Waals surface area contributed by atoms with Gasteiger partial charge in [0, 0.05) is 11.7 Å². The van der Waals surface area contributed by atoms with Crippen LogP contribution in [0.15, 0.2) is 18.2 Å². The molecule has 1 atom stereocenters. The maximum absolute atomic E-state index is 13.7. The zero-order valence-corrected chi connectivity index (χ0v) is 12.7. The fraction of sp³-hybridized carbons (Fsp3) is 0.533. The van der Waals surface area contributed by atoms with Gasteiger partial charge in [-0.3, -0.25) is 0 Å². The zero-order valence-electron chi connectivity index (χ0n) is 11.9. The molecule has 2 nitrogen and oxygen atoms in total. The number of nitrogens with two attached hydrogens (primary N) is 1. The zero-order chi connectivity index (χ0) is 14.4. The third kappa shape index (κ3) is 5.15. The monoisotopic (exact) mass is 282 g/mol. The van der Waals surface area contributed by atoms with Crippen LogP contribution in [-0.2, 0) is 0 Å². The molecular weight excluding hydrogens is 259 g/mol. The lowest BCUT2D eigenvalue weighted by Crippen LogP contribution is -2.20. The lowest BCUT2D eigenvalue weighted by molar-refractivity contribution is 0.520. The molecule has 0 aliphatic heterocycles. The van der Waals surface area contributed by atoms with Gasteiger partial charge in [0.15, 0.2) is 0 Å². The number of hydrogen-bond donors (Lipinski definition) is 2. The number of rotatable bonds is 7. The minimum atomic E-state index is -0.369. The van der Waals surface area contributed by atoms with E-state index >= 15 is 0 Å². The van der Waals surface area contributed by atoms with Crippen LogP contribution in [-0.4, -0.2) is 11.0 Å². The standard InChI is InChI=1S/C15H23FN2S/c1-10(2)6-4-7-11(3)18-13-9-5-8-12(16)14(13)15(17)19/h5,8-11,18H,4,6-7H2,1-3H3,(H2,17,19). The second-order valence-electron chi connectivity index (χ2n) is 5.40. The number of halogens is 1. The van der Waals surface area contributed by atoms with Gasteiger partial charge in [-0.05, 0) is 31.4 Å². The lowest BCUT2D eigenvalue weighted by Gasteiger charge is -2.18. The van der Waals surface area contributed by atoms with Crippen molar-refractivity contribution in [1.29, 1.82) is 0 Å². The van der Waals surface area contributed by atoms with Crippen molar-refractivity contribution < 1.29 is 4.39 Å². The molecule has 19 heavy (non-hydrogen) atoms. The molecule has 0 aromatic heterocycles. The van der Waals surface area contributed by atoms with E-state index in [1.54, 1.807) is 6.07 Å². The highest BCUT2D eigenvalue weighted by molar-refractivity contribution is 7.80. The third-order valence-corrected chi connectivity index (χ3v) is 3.28. The predicted octanol–water partition coefficient (Wildman–Crippen LogP) is 4.09. The van der Waals surface area contributed by atoms with Crippen molar-refractivity contribution >= 4 is 22.9 Å². The quantitative estimate of drug-likeness (QED) is 0.740. The van der Waals surface area contributed by atoms with Crippen LogP contribution in [0.3, 0.4) is 0 Å². The first-order chi connectivity index (χ1) is 8.91. The fourth-order valence-corrected chi connectivity index (χ4v) is 2.27. The van der Waals surface area contributed by atoms with E-state index in [-0.39, 0.29) is 16.8 Å². The van der Waals surface area contributed by atoms with Gasteiger partial charge in [0.2, 0.25) is 0 Å². The van der Waals surface area contributed by atoms with Gasteiger partial charge in [0.05, 0.1) is 5.56 Å². The van der Waals surface area contributed by atoms with Crippen LogP contribution in [0.4, 0.5) is 10.1 Å². The van der Waals surface area contributed by atoms with Gasteiger partial charge < -0.3 is 11.1 Å². The maximum atomic E-state index is 13.7. The molecule has 0 bridgehead atoms. The third-order valence-electron chi connectivity index (χ3n) is 3.08. The number of anilines is 1. The van der Waals surface area contributed by atoms with Crippen molar-refractivity contribution in [2.45, 2.75) is 46.1 Å². The van der Waals surface area contributed by atoms with Gasteiger partial charge in [-0.1, -0.05) is 45.0 Å². The first-order valence-electron chi connectivity index (χ1n) is 6.76. The average molecular weight is 282 g/mol. The van der Waals surface area contributed by atoms with Crippen LogP contribution < -0.4 is 11.1 Å². The second-order valence-corrected chi connectivity index (χ2v) is 5.84. The molecule has 1 aromatic rings. The molecule has 0 amide bonds. The van der Waals surface area contributed by atoms with Crippen molar-refractivity contribution in [2.75, 3.05) is 5.32 Å². The van der Waals surface area contributed by atoms with Crippen molar-refractivity contribution in [3.05, 3.63) is 29.6 Å². The highest BCUT2D eigenvalue weighted by atomic mass is 32.1. The summed E-state index contributed by atoms with van der Waals surface area (Å²) in [6.45, 7) is 6.53. The van der Waals surface area contributed by atoms with Gasteiger partial charge in [-0.25, -0.2) is 4.39 Å². The van der Waals surface area contributed by atoms with E-state index in [0.717, 1.165) is 12.8 Å². The predicted molar refractivity (Wildman–Crippen MR) is 84.1 cm³/mol. The van der Waals surface area contributed by atoms with Crippen LogP contribution in [0.2, 0.25) is 0 Å². The van der Waals surface area contributed by atoms with Gasteiger partial charge in [-0.2, -0.15) is 0 Å². The van der Waals surface area contributed by atoms with Crippen LogP contribution in [0.5, 0.6) is 0 Å². The summed E-state index contributed by atoms with van der Waals surface area (Å²) in [4.78, 5) is 0.0926. The molecule has 106 valence electrons.